The summed E-state index contributed by atoms with van der Waals surface area (Å²) in [7, 11) is 0. The number of aromatic nitrogens is 2. The van der Waals surface area contributed by atoms with Crippen molar-refractivity contribution in [1.29, 1.82) is 0 Å². The fourth-order valence-corrected chi connectivity index (χ4v) is 2.23. The Hall–Kier alpha value is -1.09. The van der Waals surface area contributed by atoms with E-state index in [4.69, 9.17) is 0 Å². The maximum atomic E-state index is 4.36. The van der Waals surface area contributed by atoms with Gasteiger partial charge in [-0.2, -0.15) is 0 Å². The normalized spacial score (nSPS) is 10.7. The molecular formula is C12H13BrN2. The summed E-state index contributed by atoms with van der Waals surface area (Å²) in [6, 6.07) is 4.17. The Morgan fingerprint density at radius 1 is 1.20 bits per heavy atom. The van der Waals surface area contributed by atoms with Crippen LogP contribution in [0.1, 0.15) is 16.8 Å². The Labute approximate surface area is 97.9 Å². The molecule has 0 aliphatic heterocycles. The second-order valence-corrected chi connectivity index (χ2v) is 4.63. The topological polar surface area (TPSA) is 28.7 Å². The highest BCUT2D eigenvalue weighted by Gasteiger charge is 2.10. The number of aryl methyl sites for hydroxylation is 2. The first-order chi connectivity index (χ1) is 7.09. The highest BCUT2D eigenvalue weighted by atomic mass is 79.9. The Balaban J connectivity index is 2.66. The van der Waals surface area contributed by atoms with Crippen LogP contribution in [0.15, 0.2) is 22.8 Å². The van der Waals surface area contributed by atoms with Crippen LogP contribution in [0.25, 0.3) is 11.4 Å². The predicted molar refractivity (Wildman–Crippen MR) is 65.9 cm³/mol. The summed E-state index contributed by atoms with van der Waals surface area (Å²) in [5, 5.41) is 0. The Morgan fingerprint density at radius 2 is 1.93 bits per heavy atom. The molecule has 78 valence electrons. The van der Waals surface area contributed by atoms with E-state index in [9.17, 15) is 0 Å². The van der Waals surface area contributed by atoms with Gasteiger partial charge in [-0.1, -0.05) is 22.0 Å². The molecule has 0 amide bonds. The molecule has 3 heteroatoms. The first-order valence-corrected chi connectivity index (χ1v) is 5.66. The van der Waals surface area contributed by atoms with Gasteiger partial charge in [0.25, 0.3) is 0 Å². The Bertz CT molecular complexity index is 500. The maximum absolute atomic E-state index is 4.36. The zero-order chi connectivity index (χ0) is 11.0. The van der Waals surface area contributed by atoms with Crippen molar-refractivity contribution < 1.29 is 0 Å². The Kier molecular flexibility index (Phi) is 2.65. The largest absolute Gasteiger partial charge is 0.342 e. The summed E-state index contributed by atoms with van der Waals surface area (Å²) in [6.07, 6.45) is 1.85. The lowest BCUT2D eigenvalue weighted by atomic mass is 10.0. The van der Waals surface area contributed by atoms with E-state index in [2.05, 4.69) is 51.9 Å². The Morgan fingerprint density at radius 3 is 2.53 bits per heavy atom. The second kappa shape index (κ2) is 3.81. The number of halogens is 1. The highest BCUT2D eigenvalue weighted by molar-refractivity contribution is 9.10. The minimum Gasteiger partial charge on any atom is -0.342 e. The molecule has 15 heavy (non-hydrogen) atoms. The lowest BCUT2D eigenvalue weighted by Crippen LogP contribution is -1.90. The van der Waals surface area contributed by atoms with Gasteiger partial charge in [0.1, 0.15) is 5.82 Å². The SMILES string of the molecule is Cc1cnc(-c2c(Br)ccc(C)c2C)[nH]1. The van der Waals surface area contributed by atoms with Crippen LogP contribution >= 0.6 is 15.9 Å². The maximum Gasteiger partial charge on any atom is 0.138 e. The average molecular weight is 265 g/mol. The fourth-order valence-electron chi connectivity index (χ4n) is 1.61. The number of rotatable bonds is 1. The van der Waals surface area contributed by atoms with Crippen molar-refractivity contribution in [2.45, 2.75) is 20.8 Å². The lowest BCUT2D eigenvalue weighted by Gasteiger charge is -2.08. The van der Waals surface area contributed by atoms with Gasteiger partial charge in [-0.3, -0.25) is 0 Å². The van der Waals surface area contributed by atoms with E-state index < -0.39 is 0 Å². The van der Waals surface area contributed by atoms with Gasteiger partial charge in [0.15, 0.2) is 0 Å². The molecule has 2 nitrogen and oxygen atoms in total. The van der Waals surface area contributed by atoms with Crippen molar-refractivity contribution in [2.75, 3.05) is 0 Å². The molecule has 0 aliphatic rings. The molecular weight excluding hydrogens is 252 g/mol. The van der Waals surface area contributed by atoms with Crippen LogP contribution < -0.4 is 0 Å². The third kappa shape index (κ3) is 1.84. The zero-order valence-corrected chi connectivity index (χ0v) is 10.6. The van der Waals surface area contributed by atoms with Crippen LogP contribution in [0, 0.1) is 20.8 Å². The molecule has 0 atom stereocenters. The number of nitrogens with one attached hydrogen (secondary N) is 1. The molecule has 0 bridgehead atoms. The van der Waals surface area contributed by atoms with E-state index in [0.717, 1.165) is 21.6 Å². The minimum atomic E-state index is 0.931. The molecule has 2 aromatic rings. The van der Waals surface area contributed by atoms with Crippen molar-refractivity contribution in [2.24, 2.45) is 0 Å². The number of nitrogens with zero attached hydrogens (tertiary/aromatic N) is 1. The lowest BCUT2D eigenvalue weighted by molar-refractivity contribution is 1.22. The van der Waals surface area contributed by atoms with Gasteiger partial charge in [0, 0.05) is 21.9 Å². The quantitative estimate of drug-likeness (QED) is 0.835. The van der Waals surface area contributed by atoms with Crippen LogP contribution in [0.3, 0.4) is 0 Å². The second-order valence-electron chi connectivity index (χ2n) is 3.78. The van der Waals surface area contributed by atoms with Gasteiger partial charge in [-0.25, -0.2) is 4.98 Å². The predicted octanol–water partition coefficient (Wildman–Crippen LogP) is 3.76. The van der Waals surface area contributed by atoms with E-state index in [0.29, 0.717) is 0 Å². The molecule has 0 fully saturated rings. The molecule has 0 unspecified atom stereocenters. The summed E-state index contributed by atoms with van der Waals surface area (Å²) in [4.78, 5) is 7.62. The summed E-state index contributed by atoms with van der Waals surface area (Å²) in [5.41, 5.74) is 4.78. The first kappa shape index (κ1) is 10.4. The number of hydrogen-bond donors (Lipinski definition) is 1. The zero-order valence-electron chi connectivity index (χ0n) is 9.06. The minimum absolute atomic E-state index is 0.931. The molecule has 0 radical (unpaired) electrons. The van der Waals surface area contributed by atoms with Gasteiger partial charge in [0.2, 0.25) is 0 Å². The molecule has 0 saturated heterocycles. The smallest absolute Gasteiger partial charge is 0.138 e. The number of H-pyrrole nitrogens is 1. The van der Waals surface area contributed by atoms with Crippen LogP contribution in [-0.2, 0) is 0 Å². The van der Waals surface area contributed by atoms with Crippen molar-refractivity contribution in [3.63, 3.8) is 0 Å². The van der Waals surface area contributed by atoms with E-state index >= 15 is 0 Å². The number of aromatic amines is 1. The highest BCUT2D eigenvalue weighted by Crippen LogP contribution is 2.31. The summed E-state index contributed by atoms with van der Waals surface area (Å²) in [5.74, 6) is 0.931. The van der Waals surface area contributed by atoms with Gasteiger partial charge in [-0.05, 0) is 38.0 Å². The molecule has 1 heterocycles. The van der Waals surface area contributed by atoms with Crippen molar-refractivity contribution >= 4 is 15.9 Å². The third-order valence-electron chi connectivity index (χ3n) is 2.62. The van der Waals surface area contributed by atoms with Crippen LogP contribution in [0.4, 0.5) is 0 Å². The number of benzene rings is 1. The summed E-state index contributed by atoms with van der Waals surface area (Å²) >= 11 is 3.57. The average Bonchev–Trinajstić information content (AvgIpc) is 2.59. The van der Waals surface area contributed by atoms with Gasteiger partial charge in [0.05, 0.1) is 0 Å². The molecule has 0 saturated carbocycles. The molecule has 1 aromatic carbocycles. The molecule has 1 aromatic heterocycles. The van der Waals surface area contributed by atoms with E-state index in [-0.39, 0.29) is 0 Å². The van der Waals surface area contributed by atoms with E-state index in [1.54, 1.807) is 0 Å². The van der Waals surface area contributed by atoms with Crippen LogP contribution in [0.2, 0.25) is 0 Å². The molecule has 2 rings (SSSR count). The van der Waals surface area contributed by atoms with Crippen molar-refractivity contribution in [1.82, 2.24) is 9.97 Å². The van der Waals surface area contributed by atoms with E-state index in [1.807, 2.05) is 13.1 Å². The van der Waals surface area contributed by atoms with E-state index in [1.165, 1.54) is 11.1 Å². The third-order valence-corrected chi connectivity index (χ3v) is 3.29. The van der Waals surface area contributed by atoms with Gasteiger partial charge in [-0.15, -0.1) is 0 Å². The van der Waals surface area contributed by atoms with Gasteiger partial charge >= 0.3 is 0 Å². The van der Waals surface area contributed by atoms with Crippen molar-refractivity contribution in [3.05, 3.63) is 39.6 Å². The molecule has 0 spiro atoms. The first-order valence-electron chi connectivity index (χ1n) is 4.87. The molecule has 0 aliphatic carbocycles. The van der Waals surface area contributed by atoms with Crippen LogP contribution in [0.5, 0.6) is 0 Å². The summed E-state index contributed by atoms with van der Waals surface area (Å²) < 4.78 is 1.08. The molecule has 1 N–H and O–H groups in total. The number of hydrogen-bond acceptors (Lipinski definition) is 1. The number of imidazole rings is 1. The van der Waals surface area contributed by atoms with Gasteiger partial charge < -0.3 is 4.98 Å². The van der Waals surface area contributed by atoms with Crippen molar-refractivity contribution in [3.8, 4) is 11.4 Å². The fraction of sp³-hybridized carbons (Fsp3) is 0.250. The standard InChI is InChI=1S/C12H13BrN2/c1-7-4-5-10(13)11(9(7)3)12-14-6-8(2)15-12/h4-6H,1-3H3,(H,14,15). The monoisotopic (exact) mass is 264 g/mol. The van der Waals surface area contributed by atoms with Crippen LogP contribution in [-0.4, -0.2) is 9.97 Å². The summed E-state index contributed by atoms with van der Waals surface area (Å²) in [6.45, 7) is 6.24.